The molecule has 1 saturated heterocycles. The molecule has 1 heterocycles. The molecule has 0 aliphatic carbocycles. The number of amides is 1. The fourth-order valence-corrected chi connectivity index (χ4v) is 4.31. The van der Waals surface area contributed by atoms with Gasteiger partial charge in [-0.25, -0.2) is 4.39 Å². The number of benzene rings is 3. The average Bonchev–Trinajstić information content (AvgIpc) is 2.82. The lowest BCUT2D eigenvalue weighted by Crippen LogP contribution is -2.54. The van der Waals surface area contributed by atoms with Crippen LogP contribution in [0.25, 0.3) is 0 Å². The summed E-state index contributed by atoms with van der Waals surface area (Å²) >= 11 is 0. The molecule has 0 radical (unpaired) electrons. The lowest BCUT2D eigenvalue weighted by atomic mass is 9.96. The molecule has 5 heteroatoms. The Balaban J connectivity index is 1.43. The molecule has 0 spiro atoms. The van der Waals surface area contributed by atoms with Crippen molar-refractivity contribution in [2.24, 2.45) is 5.73 Å². The molecule has 0 aromatic heterocycles. The van der Waals surface area contributed by atoms with Gasteiger partial charge >= 0.3 is 0 Å². The third-order valence-corrected chi connectivity index (χ3v) is 5.94. The number of piperazine rings is 1. The lowest BCUT2D eigenvalue weighted by molar-refractivity contribution is -0.134. The van der Waals surface area contributed by atoms with Crippen LogP contribution >= 0.6 is 0 Å². The van der Waals surface area contributed by atoms with Gasteiger partial charge in [-0.05, 0) is 29.2 Å². The van der Waals surface area contributed by atoms with Crippen LogP contribution in [0.1, 0.15) is 22.7 Å². The van der Waals surface area contributed by atoms with E-state index in [2.05, 4.69) is 53.4 Å². The maximum atomic E-state index is 13.9. The summed E-state index contributed by atoms with van der Waals surface area (Å²) in [5, 5.41) is 0. The van der Waals surface area contributed by atoms with Gasteiger partial charge in [-0.15, -0.1) is 0 Å². The highest BCUT2D eigenvalue weighted by atomic mass is 19.1. The standard InChI is InChI=1S/C26H28FN3O/c27-23-14-8-7-13-22(23)19-24(28)26(31)30-17-15-29(16-18-30)25(20-9-3-1-4-10-20)21-11-5-2-6-12-21/h1-14,24-25H,15-19,28H2. The van der Waals surface area contributed by atoms with E-state index in [0.717, 1.165) is 13.1 Å². The van der Waals surface area contributed by atoms with Gasteiger partial charge in [0.25, 0.3) is 0 Å². The summed E-state index contributed by atoms with van der Waals surface area (Å²) in [5.41, 5.74) is 9.12. The molecule has 1 aliphatic rings. The minimum absolute atomic E-state index is 0.112. The topological polar surface area (TPSA) is 49.6 Å². The minimum atomic E-state index is -0.734. The number of nitrogens with zero attached hydrogens (tertiary/aromatic N) is 2. The Morgan fingerprint density at radius 3 is 1.87 bits per heavy atom. The Hall–Kier alpha value is -3.02. The van der Waals surface area contributed by atoms with Crippen molar-refractivity contribution in [2.45, 2.75) is 18.5 Å². The maximum Gasteiger partial charge on any atom is 0.239 e. The Morgan fingerprint density at radius 2 is 1.32 bits per heavy atom. The van der Waals surface area contributed by atoms with Gasteiger partial charge in [-0.1, -0.05) is 78.9 Å². The summed E-state index contributed by atoms with van der Waals surface area (Å²) in [6.45, 7) is 2.74. The number of nitrogens with two attached hydrogens (primary N) is 1. The van der Waals surface area contributed by atoms with Gasteiger partial charge in [0.15, 0.2) is 0 Å². The van der Waals surface area contributed by atoms with Crippen LogP contribution in [0.3, 0.4) is 0 Å². The highest BCUT2D eigenvalue weighted by molar-refractivity contribution is 5.82. The molecule has 1 fully saturated rings. The summed E-state index contributed by atoms with van der Waals surface area (Å²) in [5.74, 6) is -0.428. The first-order valence-corrected chi connectivity index (χ1v) is 10.7. The molecule has 1 amide bonds. The third-order valence-electron chi connectivity index (χ3n) is 5.94. The largest absolute Gasteiger partial charge is 0.339 e. The van der Waals surface area contributed by atoms with Crippen molar-refractivity contribution in [1.29, 1.82) is 0 Å². The van der Waals surface area contributed by atoms with Crippen LogP contribution in [0.2, 0.25) is 0 Å². The minimum Gasteiger partial charge on any atom is -0.339 e. The van der Waals surface area contributed by atoms with Gasteiger partial charge in [0, 0.05) is 26.2 Å². The van der Waals surface area contributed by atoms with Crippen molar-refractivity contribution in [3.05, 3.63) is 107 Å². The second kappa shape index (κ2) is 9.86. The van der Waals surface area contributed by atoms with E-state index in [9.17, 15) is 9.18 Å². The fraction of sp³-hybridized carbons (Fsp3) is 0.269. The van der Waals surface area contributed by atoms with Crippen molar-refractivity contribution >= 4 is 5.91 Å². The van der Waals surface area contributed by atoms with Crippen molar-refractivity contribution in [3.8, 4) is 0 Å². The van der Waals surface area contributed by atoms with Crippen LogP contribution in [0.15, 0.2) is 84.9 Å². The molecule has 0 bridgehead atoms. The number of rotatable bonds is 6. The molecule has 1 aliphatic heterocycles. The van der Waals surface area contributed by atoms with Crippen LogP contribution in [-0.2, 0) is 11.2 Å². The molecule has 4 rings (SSSR count). The number of carbonyl (C=O) groups is 1. The summed E-state index contributed by atoms with van der Waals surface area (Å²) in [6.07, 6.45) is 0.211. The predicted molar refractivity (Wildman–Crippen MR) is 121 cm³/mol. The zero-order valence-electron chi connectivity index (χ0n) is 17.5. The van der Waals surface area contributed by atoms with Crippen molar-refractivity contribution in [1.82, 2.24) is 9.80 Å². The zero-order valence-corrected chi connectivity index (χ0v) is 17.5. The zero-order chi connectivity index (χ0) is 21.6. The van der Waals surface area contributed by atoms with Crippen LogP contribution < -0.4 is 5.73 Å². The van der Waals surface area contributed by atoms with E-state index in [-0.39, 0.29) is 24.2 Å². The second-order valence-corrected chi connectivity index (χ2v) is 7.99. The first kappa shape index (κ1) is 21.2. The molecule has 1 atom stereocenters. The molecule has 3 aromatic carbocycles. The summed E-state index contributed by atoms with van der Waals surface area (Å²) < 4.78 is 13.9. The predicted octanol–water partition coefficient (Wildman–Crippen LogP) is 3.63. The van der Waals surface area contributed by atoms with Crippen LogP contribution in [-0.4, -0.2) is 47.9 Å². The van der Waals surface area contributed by atoms with E-state index in [1.54, 1.807) is 18.2 Å². The highest BCUT2D eigenvalue weighted by Crippen LogP contribution is 2.29. The monoisotopic (exact) mass is 417 g/mol. The Kier molecular flexibility index (Phi) is 6.75. The quantitative estimate of drug-likeness (QED) is 0.666. The Morgan fingerprint density at radius 1 is 0.806 bits per heavy atom. The lowest BCUT2D eigenvalue weighted by Gasteiger charge is -2.40. The van der Waals surface area contributed by atoms with E-state index in [4.69, 9.17) is 5.73 Å². The van der Waals surface area contributed by atoms with Gasteiger partial charge in [0.05, 0.1) is 12.1 Å². The van der Waals surface area contributed by atoms with Crippen LogP contribution in [0.5, 0.6) is 0 Å². The van der Waals surface area contributed by atoms with Gasteiger partial charge in [-0.2, -0.15) is 0 Å². The second-order valence-electron chi connectivity index (χ2n) is 7.99. The van der Waals surface area contributed by atoms with Crippen LogP contribution in [0.4, 0.5) is 4.39 Å². The molecule has 160 valence electrons. The van der Waals surface area contributed by atoms with Crippen molar-refractivity contribution in [2.75, 3.05) is 26.2 Å². The van der Waals surface area contributed by atoms with E-state index in [1.165, 1.54) is 17.2 Å². The first-order chi connectivity index (χ1) is 15.1. The Bertz CT molecular complexity index is 948. The SMILES string of the molecule is NC(Cc1ccccc1F)C(=O)N1CCN(C(c2ccccc2)c2ccccc2)CC1. The van der Waals surface area contributed by atoms with Gasteiger partial charge in [-0.3, -0.25) is 9.69 Å². The van der Waals surface area contributed by atoms with Crippen molar-refractivity contribution < 1.29 is 9.18 Å². The van der Waals surface area contributed by atoms with E-state index in [0.29, 0.717) is 18.7 Å². The maximum absolute atomic E-state index is 13.9. The van der Waals surface area contributed by atoms with Crippen LogP contribution in [0, 0.1) is 5.82 Å². The summed E-state index contributed by atoms with van der Waals surface area (Å²) in [6, 6.07) is 26.8. The Labute approximate surface area is 183 Å². The third kappa shape index (κ3) is 5.01. The number of halogens is 1. The molecule has 1 unspecified atom stereocenters. The van der Waals surface area contributed by atoms with Crippen molar-refractivity contribution in [3.63, 3.8) is 0 Å². The van der Waals surface area contributed by atoms with E-state index >= 15 is 0 Å². The summed E-state index contributed by atoms with van der Waals surface area (Å²) in [7, 11) is 0. The molecule has 4 nitrogen and oxygen atoms in total. The van der Waals surface area contributed by atoms with E-state index in [1.807, 2.05) is 17.0 Å². The number of hydrogen-bond acceptors (Lipinski definition) is 3. The highest BCUT2D eigenvalue weighted by Gasteiger charge is 2.30. The molecule has 0 saturated carbocycles. The molecule has 3 aromatic rings. The van der Waals surface area contributed by atoms with E-state index < -0.39 is 6.04 Å². The molecule has 2 N–H and O–H groups in total. The van der Waals surface area contributed by atoms with Gasteiger partial charge < -0.3 is 10.6 Å². The molecule has 31 heavy (non-hydrogen) atoms. The average molecular weight is 418 g/mol. The summed E-state index contributed by atoms with van der Waals surface area (Å²) in [4.78, 5) is 17.1. The van der Waals surface area contributed by atoms with Gasteiger partial charge in [0.1, 0.15) is 5.82 Å². The fourth-order valence-electron chi connectivity index (χ4n) is 4.31. The number of carbonyl (C=O) groups excluding carboxylic acids is 1. The molecular formula is C26H28FN3O. The normalized spacial score (nSPS) is 15.8. The smallest absolute Gasteiger partial charge is 0.239 e. The first-order valence-electron chi connectivity index (χ1n) is 10.7. The molecular weight excluding hydrogens is 389 g/mol. The van der Waals surface area contributed by atoms with Gasteiger partial charge in [0.2, 0.25) is 5.91 Å². The number of hydrogen-bond donors (Lipinski definition) is 1.